The van der Waals surface area contributed by atoms with E-state index >= 15 is 0 Å². The largest absolute Gasteiger partial charge is 0.483 e. The van der Waals surface area contributed by atoms with E-state index in [0.29, 0.717) is 32.7 Å². The third-order valence-electron chi connectivity index (χ3n) is 3.99. The minimum absolute atomic E-state index is 0.151. The smallest absolute Gasteiger partial charge is 0.262 e. The van der Waals surface area contributed by atoms with Gasteiger partial charge in [-0.2, -0.15) is 0 Å². The van der Waals surface area contributed by atoms with E-state index in [0.717, 1.165) is 5.56 Å². The van der Waals surface area contributed by atoms with Gasteiger partial charge in [-0.25, -0.2) is 0 Å². The Kier molecular flexibility index (Phi) is 6.75. The van der Waals surface area contributed by atoms with Gasteiger partial charge in [0, 0.05) is 27.0 Å². The SMILES string of the molecule is Cc1cc(Cl)ccc1OCC(=O)Nc1cccc(NC(=O)c2cccc(Cl)c2)c1. The van der Waals surface area contributed by atoms with Gasteiger partial charge < -0.3 is 15.4 Å². The van der Waals surface area contributed by atoms with Gasteiger partial charge in [0.1, 0.15) is 5.75 Å². The van der Waals surface area contributed by atoms with Crippen LogP contribution in [0.25, 0.3) is 0 Å². The van der Waals surface area contributed by atoms with Crippen LogP contribution < -0.4 is 15.4 Å². The number of halogens is 2. The van der Waals surface area contributed by atoms with Crippen LogP contribution in [-0.4, -0.2) is 18.4 Å². The first kappa shape index (κ1) is 20.7. The summed E-state index contributed by atoms with van der Waals surface area (Å²) in [4.78, 5) is 24.5. The summed E-state index contributed by atoms with van der Waals surface area (Å²) in [6, 6.07) is 18.7. The van der Waals surface area contributed by atoms with Crippen LogP contribution in [0.4, 0.5) is 11.4 Å². The lowest BCUT2D eigenvalue weighted by atomic mass is 10.2. The lowest BCUT2D eigenvalue weighted by Gasteiger charge is -2.11. The minimum Gasteiger partial charge on any atom is -0.483 e. The molecule has 0 bridgehead atoms. The molecule has 7 heteroatoms. The van der Waals surface area contributed by atoms with Crippen molar-refractivity contribution in [3.05, 3.63) is 87.9 Å². The average molecular weight is 429 g/mol. The van der Waals surface area contributed by atoms with E-state index in [2.05, 4.69) is 10.6 Å². The number of carbonyl (C=O) groups excluding carboxylic acids is 2. The molecule has 0 unspecified atom stereocenters. The third kappa shape index (κ3) is 5.98. The molecule has 0 aliphatic rings. The van der Waals surface area contributed by atoms with Crippen LogP contribution in [0.5, 0.6) is 5.75 Å². The van der Waals surface area contributed by atoms with Crippen LogP contribution in [0, 0.1) is 6.92 Å². The van der Waals surface area contributed by atoms with Crippen molar-refractivity contribution in [1.82, 2.24) is 0 Å². The molecule has 3 aromatic rings. The first-order chi connectivity index (χ1) is 13.9. The standard InChI is InChI=1S/C22H18Cl2N2O3/c1-14-10-17(24)8-9-20(14)29-13-21(27)25-18-6-3-7-19(12-18)26-22(28)15-4-2-5-16(23)11-15/h2-12H,13H2,1H3,(H,25,27)(H,26,28). The fraction of sp³-hybridized carbons (Fsp3) is 0.0909. The highest BCUT2D eigenvalue weighted by Gasteiger charge is 2.09. The summed E-state index contributed by atoms with van der Waals surface area (Å²) in [5.41, 5.74) is 2.37. The van der Waals surface area contributed by atoms with Gasteiger partial charge in [-0.1, -0.05) is 35.3 Å². The van der Waals surface area contributed by atoms with Crippen LogP contribution in [0.2, 0.25) is 10.0 Å². The van der Waals surface area contributed by atoms with Gasteiger partial charge in [-0.3, -0.25) is 9.59 Å². The van der Waals surface area contributed by atoms with Gasteiger partial charge in [0.05, 0.1) is 0 Å². The molecule has 0 radical (unpaired) electrons. The molecule has 0 aromatic heterocycles. The summed E-state index contributed by atoms with van der Waals surface area (Å²) < 4.78 is 5.54. The quantitative estimate of drug-likeness (QED) is 0.538. The van der Waals surface area contributed by atoms with E-state index in [1.165, 1.54) is 0 Å². The Morgan fingerprint density at radius 3 is 2.28 bits per heavy atom. The van der Waals surface area contributed by atoms with Crippen LogP contribution in [0.15, 0.2) is 66.7 Å². The molecule has 0 aliphatic heterocycles. The number of carbonyl (C=O) groups is 2. The first-order valence-electron chi connectivity index (χ1n) is 8.76. The second-order valence-corrected chi connectivity index (χ2v) is 7.16. The number of aryl methyl sites for hydroxylation is 1. The molecular formula is C22H18Cl2N2O3. The summed E-state index contributed by atoms with van der Waals surface area (Å²) in [6.45, 7) is 1.70. The molecular weight excluding hydrogens is 411 g/mol. The van der Waals surface area contributed by atoms with Crippen molar-refractivity contribution >= 4 is 46.4 Å². The lowest BCUT2D eigenvalue weighted by Crippen LogP contribution is -2.20. The molecule has 29 heavy (non-hydrogen) atoms. The summed E-state index contributed by atoms with van der Waals surface area (Å²) in [5, 5.41) is 6.61. The Hall–Kier alpha value is -3.02. The number of hydrogen-bond donors (Lipinski definition) is 2. The lowest BCUT2D eigenvalue weighted by molar-refractivity contribution is -0.118. The van der Waals surface area contributed by atoms with Crippen molar-refractivity contribution in [2.45, 2.75) is 6.92 Å². The molecule has 3 rings (SSSR count). The topological polar surface area (TPSA) is 67.4 Å². The second-order valence-electron chi connectivity index (χ2n) is 6.29. The molecule has 148 valence electrons. The number of hydrogen-bond acceptors (Lipinski definition) is 3. The van der Waals surface area contributed by atoms with E-state index in [1.54, 1.807) is 66.7 Å². The molecule has 0 aliphatic carbocycles. The highest BCUT2D eigenvalue weighted by atomic mass is 35.5. The van der Waals surface area contributed by atoms with E-state index in [-0.39, 0.29) is 18.4 Å². The van der Waals surface area contributed by atoms with E-state index in [9.17, 15) is 9.59 Å². The van der Waals surface area contributed by atoms with Crippen molar-refractivity contribution in [3.63, 3.8) is 0 Å². The minimum atomic E-state index is -0.322. The number of ether oxygens (including phenoxy) is 1. The van der Waals surface area contributed by atoms with Crippen LogP contribution in [-0.2, 0) is 4.79 Å². The van der Waals surface area contributed by atoms with Crippen molar-refractivity contribution in [2.75, 3.05) is 17.2 Å². The van der Waals surface area contributed by atoms with Gasteiger partial charge >= 0.3 is 0 Å². The van der Waals surface area contributed by atoms with Crippen molar-refractivity contribution in [3.8, 4) is 5.75 Å². The zero-order valence-electron chi connectivity index (χ0n) is 15.5. The number of benzene rings is 3. The van der Waals surface area contributed by atoms with Crippen LogP contribution >= 0.6 is 23.2 Å². The van der Waals surface area contributed by atoms with Gasteiger partial charge in [0.2, 0.25) is 0 Å². The monoisotopic (exact) mass is 428 g/mol. The summed E-state index contributed by atoms with van der Waals surface area (Å²) in [6.07, 6.45) is 0. The van der Waals surface area contributed by atoms with Gasteiger partial charge in [0.25, 0.3) is 11.8 Å². The summed E-state index contributed by atoms with van der Waals surface area (Å²) >= 11 is 11.8. The normalized spacial score (nSPS) is 10.3. The maximum Gasteiger partial charge on any atom is 0.262 e. The van der Waals surface area contributed by atoms with Crippen molar-refractivity contribution < 1.29 is 14.3 Å². The number of nitrogens with one attached hydrogen (secondary N) is 2. The van der Waals surface area contributed by atoms with Gasteiger partial charge in [-0.15, -0.1) is 0 Å². The predicted molar refractivity (Wildman–Crippen MR) is 116 cm³/mol. The molecule has 0 heterocycles. The fourth-order valence-corrected chi connectivity index (χ4v) is 3.04. The maximum atomic E-state index is 12.3. The highest BCUT2D eigenvalue weighted by molar-refractivity contribution is 6.31. The van der Waals surface area contributed by atoms with E-state index in [4.69, 9.17) is 27.9 Å². The van der Waals surface area contributed by atoms with Gasteiger partial charge in [0.15, 0.2) is 6.61 Å². The van der Waals surface area contributed by atoms with E-state index in [1.807, 2.05) is 6.92 Å². The highest BCUT2D eigenvalue weighted by Crippen LogP contribution is 2.22. The Morgan fingerprint density at radius 2 is 1.55 bits per heavy atom. The third-order valence-corrected chi connectivity index (χ3v) is 4.46. The average Bonchev–Trinajstić information content (AvgIpc) is 2.67. The molecule has 2 amide bonds. The Labute approximate surface area is 178 Å². The molecule has 2 N–H and O–H groups in total. The summed E-state index contributed by atoms with van der Waals surface area (Å²) in [5.74, 6) is -0.0257. The van der Waals surface area contributed by atoms with Crippen LogP contribution in [0.1, 0.15) is 15.9 Å². The fourth-order valence-electron chi connectivity index (χ4n) is 2.62. The Balaban J connectivity index is 1.59. The molecule has 0 saturated carbocycles. The second kappa shape index (κ2) is 9.45. The maximum absolute atomic E-state index is 12.3. The zero-order valence-corrected chi connectivity index (χ0v) is 17.1. The number of amides is 2. The first-order valence-corrected chi connectivity index (χ1v) is 9.52. The number of rotatable bonds is 6. The predicted octanol–water partition coefficient (Wildman–Crippen LogP) is 5.57. The van der Waals surface area contributed by atoms with E-state index < -0.39 is 0 Å². The zero-order chi connectivity index (χ0) is 20.8. The molecule has 5 nitrogen and oxygen atoms in total. The summed E-state index contributed by atoms with van der Waals surface area (Å²) in [7, 11) is 0. The van der Waals surface area contributed by atoms with Gasteiger partial charge in [-0.05, 0) is 67.1 Å². The molecule has 0 fully saturated rings. The number of anilines is 2. The molecule has 0 spiro atoms. The molecule has 3 aromatic carbocycles. The Bertz CT molecular complexity index is 1050. The molecule has 0 saturated heterocycles. The molecule has 0 atom stereocenters. The van der Waals surface area contributed by atoms with Crippen molar-refractivity contribution in [2.24, 2.45) is 0 Å². The Morgan fingerprint density at radius 1 is 0.862 bits per heavy atom. The van der Waals surface area contributed by atoms with Crippen LogP contribution in [0.3, 0.4) is 0 Å². The van der Waals surface area contributed by atoms with Crippen molar-refractivity contribution in [1.29, 1.82) is 0 Å².